The number of nitrogen functional groups attached to an aromatic ring is 1. The monoisotopic (exact) mass is 228 g/mol. The number of hydrogen-bond donors (Lipinski definition) is 2. The number of benzene rings is 1. The van der Waals surface area contributed by atoms with Crippen molar-refractivity contribution in [1.82, 2.24) is 0 Å². The lowest BCUT2D eigenvalue weighted by Gasteiger charge is -2.10. The predicted molar refractivity (Wildman–Crippen MR) is 59.6 cm³/mol. The molecule has 1 aromatic carbocycles. The van der Waals surface area contributed by atoms with Gasteiger partial charge >= 0.3 is 5.97 Å². The van der Waals surface area contributed by atoms with E-state index in [-0.39, 0.29) is 0 Å². The maximum atomic E-state index is 11.1. The molecule has 4 N–H and O–H groups in total. The van der Waals surface area contributed by atoms with Gasteiger partial charge in [-0.25, -0.2) is 0 Å². The fourth-order valence-corrected chi connectivity index (χ4v) is 1.42. The van der Waals surface area contributed by atoms with Crippen LogP contribution in [0.5, 0.6) is 0 Å². The summed E-state index contributed by atoms with van der Waals surface area (Å²) in [7, 11) is 1.29. The molecule has 0 bridgehead atoms. The first-order valence-corrected chi connectivity index (χ1v) is 4.79. The first-order chi connectivity index (χ1) is 7.04. The van der Waals surface area contributed by atoms with Gasteiger partial charge in [0.1, 0.15) is 6.04 Å². The van der Waals surface area contributed by atoms with Crippen LogP contribution in [0.1, 0.15) is 5.56 Å². The van der Waals surface area contributed by atoms with Gasteiger partial charge in [0.25, 0.3) is 0 Å². The average Bonchev–Trinajstić information content (AvgIpc) is 2.22. The quantitative estimate of drug-likeness (QED) is 0.597. The fourth-order valence-electron chi connectivity index (χ4n) is 1.22. The number of halogens is 1. The molecule has 0 aliphatic rings. The van der Waals surface area contributed by atoms with Crippen molar-refractivity contribution in [3.8, 4) is 0 Å². The minimum atomic E-state index is -0.714. The van der Waals surface area contributed by atoms with Gasteiger partial charge in [-0.15, -0.1) is 0 Å². The van der Waals surface area contributed by atoms with E-state index in [1.54, 1.807) is 18.2 Å². The third-order valence-corrected chi connectivity index (χ3v) is 2.38. The van der Waals surface area contributed by atoms with Crippen LogP contribution in [0.25, 0.3) is 0 Å². The highest BCUT2D eigenvalue weighted by atomic mass is 35.5. The molecule has 1 aromatic rings. The number of ether oxygens (including phenoxy) is 1. The predicted octanol–water partition coefficient (Wildman–Crippen LogP) is 0.965. The maximum Gasteiger partial charge on any atom is 0.322 e. The first kappa shape index (κ1) is 11.8. The van der Waals surface area contributed by atoms with E-state index in [0.29, 0.717) is 17.1 Å². The summed E-state index contributed by atoms with van der Waals surface area (Å²) < 4.78 is 4.52. The Kier molecular flexibility index (Phi) is 3.94. The molecule has 0 fully saturated rings. The zero-order valence-electron chi connectivity index (χ0n) is 8.37. The van der Waals surface area contributed by atoms with Crippen LogP contribution in [0.3, 0.4) is 0 Å². The molecule has 15 heavy (non-hydrogen) atoms. The Hall–Kier alpha value is -1.26. The minimum absolute atomic E-state index is 0.316. The Morgan fingerprint density at radius 1 is 1.60 bits per heavy atom. The highest BCUT2D eigenvalue weighted by Gasteiger charge is 2.15. The molecule has 5 heteroatoms. The van der Waals surface area contributed by atoms with Gasteiger partial charge in [0.05, 0.1) is 7.11 Å². The van der Waals surface area contributed by atoms with E-state index < -0.39 is 12.0 Å². The molecule has 0 aromatic heterocycles. The lowest BCUT2D eigenvalue weighted by molar-refractivity contribution is -0.142. The third kappa shape index (κ3) is 3.11. The summed E-state index contributed by atoms with van der Waals surface area (Å²) in [6.45, 7) is 0. The molecule has 0 aliphatic carbocycles. The van der Waals surface area contributed by atoms with Crippen molar-refractivity contribution < 1.29 is 9.53 Å². The van der Waals surface area contributed by atoms with E-state index >= 15 is 0 Å². The number of nitrogens with two attached hydrogens (primary N) is 2. The molecule has 4 nitrogen and oxygen atoms in total. The minimum Gasteiger partial charge on any atom is -0.468 e. The van der Waals surface area contributed by atoms with Gasteiger partial charge in [-0.05, 0) is 30.2 Å². The summed E-state index contributed by atoms with van der Waals surface area (Å²) in [6, 6.07) is 4.35. The van der Waals surface area contributed by atoms with E-state index in [2.05, 4.69) is 4.74 Å². The lowest BCUT2D eigenvalue weighted by atomic mass is 10.1. The second-order valence-electron chi connectivity index (χ2n) is 3.18. The third-order valence-electron chi connectivity index (χ3n) is 2.01. The molecular weight excluding hydrogens is 216 g/mol. The fraction of sp³-hybridized carbons (Fsp3) is 0.300. The van der Waals surface area contributed by atoms with Crippen LogP contribution in [-0.4, -0.2) is 19.1 Å². The van der Waals surface area contributed by atoms with E-state index in [4.69, 9.17) is 23.1 Å². The molecule has 1 atom stereocenters. The topological polar surface area (TPSA) is 78.3 Å². The molecule has 0 amide bonds. The van der Waals surface area contributed by atoms with Crippen LogP contribution < -0.4 is 11.5 Å². The zero-order chi connectivity index (χ0) is 11.4. The first-order valence-electron chi connectivity index (χ1n) is 4.42. The van der Waals surface area contributed by atoms with E-state index in [1.165, 1.54) is 7.11 Å². The molecule has 0 unspecified atom stereocenters. The summed E-state index contributed by atoms with van der Waals surface area (Å²) in [4.78, 5) is 11.1. The van der Waals surface area contributed by atoms with Crippen LogP contribution in [-0.2, 0) is 16.0 Å². The molecule has 0 heterocycles. The summed E-state index contributed by atoms with van der Waals surface area (Å²) >= 11 is 5.92. The highest BCUT2D eigenvalue weighted by Crippen LogP contribution is 2.20. The van der Waals surface area contributed by atoms with Crippen molar-refractivity contribution in [2.24, 2.45) is 5.73 Å². The molecule has 1 rings (SSSR count). The van der Waals surface area contributed by atoms with Gasteiger partial charge in [-0.1, -0.05) is 11.6 Å². The number of hydrogen-bond acceptors (Lipinski definition) is 4. The number of anilines is 1. The molecule has 0 aliphatic heterocycles. The average molecular weight is 229 g/mol. The Morgan fingerprint density at radius 2 is 2.27 bits per heavy atom. The molecule has 0 saturated heterocycles. The van der Waals surface area contributed by atoms with E-state index in [1.807, 2.05) is 0 Å². The number of carbonyl (C=O) groups is 1. The zero-order valence-corrected chi connectivity index (χ0v) is 9.12. The molecule has 82 valence electrons. The van der Waals surface area contributed by atoms with Gasteiger partial charge in [0, 0.05) is 10.7 Å². The van der Waals surface area contributed by atoms with Gasteiger partial charge in [-0.3, -0.25) is 4.79 Å². The second kappa shape index (κ2) is 5.00. The van der Waals surface area contributed by atoms with Crippen molar-refractivity contribution in [3.63, 3.8) is 0 Å². The van der Waals surface area contributed by atoms with Crippen molar-refractivity contribution in [1.29, 1.82) is 0 Å². The summed E-state index contributed by atoms with van der Waals surface area (Å²) in [5.74, 6) is -0.464. The standard InChI is InChI=1S/C10H13ClN2O2/c1-15-10(14)9(13)5-6-4-7(12)2-3-8(6)11/h2-4,9H,5,12-13H2,1H3/t9-/m0/s1. The van der Waals surface area contributed by atoms with Crippen LogP contribution in [0, 0.1) is 0 Å². The normalized spacial score (nSPS) is 12.2. The van der Waals surface area contributed by atoms with Crippen molar-refractivity contribution in [3.05, 3.63) is 28.8 Å². The number of esters is 1. The van der Waals surface area contributed by atoms with Crippen LogP contribution in [0.15, 0.2) is 18.2 Å². The Morgan fingerprint density at radius 3 is 2.87 bits per heavy atom. The van der Waals surface area contributed by atoms with Crippen molar-refractivity contribution >= 4 is 23.3 Å². The van der Waals surface area contributed by atoms with Crippen LogP contribution in [0.2, 0.25) is 5.02 Å². The van der Waals surface area contributed by atoms with Gasteiger partial charge in [0.15, 0.2) is 0 Å². The maximum absolute atomic E-state index is 11.1. The van der Waals surface area contributed by atoms with Crippen molar-refractivity contribution in [2.75, 3.05) is 12.8 Å². The molecule has 0 radical (unpaired) electrons. The molecular formula is C10H13ClN2O2. The Labute approximate surface area is 93.1 Å². The summed E-state index contributed by atoms with van der Waals surface area (Å²) in [5.41, 5.74) is 12.5. The largest absolute Gasteiger partial charge is 0.468 e. The summed E-state index contributed by atoms with van der Waals surface area (Å²) in [5, 5.41) is 0.545. The van der Waals surface area contributed by atoms with Crippen LogP contribution >= 0.6 is 11.6 Å². The molecule has 0 saturated carbocycles. The smallest absolute Gasteiger partial charge is 0.322 e. The van der Waals surface area contributed by atoms with E-state index in [0.717, 1.165) is 5.56 Å². The number of rotatable bonds is 3. The summed E-state index contributed by atoms with van der Waals surface area (Å²) in [6.07, 6.45) is 0.316. The van der Waals surface area contributed by atoms with Gasteiger partial charge in [0.2, 0.25) is 0 Å². The SMILES string of the molecule is COC(=O)[C@@H](N)Cc1cc(N)ccc1Cl. The second-order valence-corrected chi connectivity index (χ2v) is 3.59. The van der Waals surface area contributed by atoms with Gasteiger partial charge < -0.3 is 16.2 Å². The number of methoxy groups -OCH3 is 1. The van der Waals surface area contributed by atoms with Crippen LogP contribution in [0.4, 0.5) is 5.69 Å². The Bertz CT molecular complexity index is 368. The highest BCUT2D eigenvalue weighted by molar-refractivity contribution is 6.31. The lowest BCUT2D eigenvalue weighted by Crippen LogP contribution is -2.33. The van der Waals surface area contributed by atoms with E-state index in [9.17, 15) is 4.79 Å². The number of carbonyl (C=O) groups excluding carboxylic acids is 1. The van der Waals surface area contributed by atoms with Crippen molar-refractivity contribution in [2.45, 2.75) is 12.5 Å². The molecule has 0 spiro atoms. The van der Waals surface area contributed by atoms with Gasteiger partial charge in [-0.2, -0.15) is 0 Å². The Balaban J connectivity index is 2.80.